The van der Waals surface area contributed by atoms with Crippen molar-refractivity contribution in [1.29, 1.82) is 0 Å². The lowest BCUT2D eigenvalue weighted by molar-refractivity contribution is -0.120. The molecule has 4 rings (SSSR count). The fourth-order valence-corrected chi connectivity index (χ4v) is 3.91. The predicted molar refractivity (Wildman–Crippen MR) is 119 cm³/mol. The van der Waals surface area contributed by atoms with E-state index in [-0.39, 0.29) is 18.0 Å². The Hall–Kier alpha value is -3.41. The zero-order valence-corrected chi connectivity index (χ0v) is 18.2. The predicted octanol–water partition coefficient (Wildman–Crippen LogP) is 2.41. The van der Waals surface area contributed by atoms with Crippen molar-refractivity contribution in [2.24, 2.45) is 11.7 Å². The van der Waals surface area contributed by atoms with Gasteiger partial charge in [0, 0.05) is 55.0 Å². The molecule has 32 heavy (non-hydrogen) atoms. The number of aromatic nitrogens is 3. The molecule has 0 saturated heterocycles. The van der Waals surface area contributed by atoms with Crippen LogP contribution in [0.25, 0.3) is 11.3 Å². The number of nitrogens with two attached hydrogens (primary N) is 1. The lowest BCUT2D eigenvalue weighted by Crippen LogP contribution is -2.42. The average Bonchev–Trinajstić information content (AvgIpc) is 3.41. The van der Waals surface area contributed by atoms with Gasteiger partial charge in [0.2, 0.25) is 5.91 Å². The number of amides is 1. The molecule has 0 radical (unpaired) electrons. The maximum Gasteiger partial charge on any atom is 0.217 e. The highest BCUT2D eigenvalue weighted by Crippen LogP contribution is 2.28. The molecule has 1 aliphatic rings. The van der Waals surface area contributed by atoms with Crippen molar-refractivity contribution in [3.63, 3.8) is 0 Å². The summed E-state index contributed by atoms with van der Waals surface area (Å²) in [6.07, 6.45) is 4.51. The van der Waals surface area contributed by atoms with Crippen LogP contribution in [0.1, 0.15) is 55.9 Å². The minimum absolute atomic E-state index is 0.0128. The summed E-state index contributed by atoms with van der Waals surface area (Å²) in [7, 11) is 0. The van der Waals surface area contributed by atoms with E-state index in [0.29, 0.717) is 29.7 Å². The molecule has 1 fully saturated rings. The van der Waals surface area contributed by atoms with E-state index >= 15 is 0 Å². The van der Waals surface area contributed by atoms with Crippen LogP contribution < -0.4 is 11.1 Å². The highest BCUT2D eigenvalue weighted by molar-refractivity contribution is 5.73. The van der Waals surface area contributed by atoms with Crippen molar-refractivity contribution < 1.29 is 14.4 Å². The Morgan fingerprint density at radius 3 is 2.78 bits per heavy atom. The average molecular weight is 434 g/mol. The summed E-state index contributed by atoms with van der Waals surface area (Å²) in [6.45, 7) is 3.50. The molecule has 1 aromatic carbocycles. The van der Waals surface area contributed by atoms with Gasteiger partial charge < -0.3 is 25.2 Å². The van der Waals surface area contributed by atoms with E-state index in [2.05, 4.69) is 27.3 Å². The van der Waals surface area contributed by atoms with Crippen molar-refractivity contribution in [3.8, 4) is 23.2 Å². The van der Waals surface area contributed by atoms with Crippen LogP contribution in [0.3, 0.4) is 0 Å². The van der Waals surface area contributed by atoms with Gasteiger partial charge in [-0.2, -0.15) is 0 Å². The molecule has 0 bridgehead atoms. The van der Waals surface area contributed by atoms with Crippen LogP contribution in [0.5, 0.6) is 0 Å². The molecule has 1 amide bonds. The topological polar surface area (TPSA) is 119 Å². The van der Waals surface area contributed by atoms with Crippen molar-refractivity contribution in [1.82, 2.24) is 20.0 Å². The minimum Gasteiger partial charge on any atom is -0.385 e. The summed E-state index contributed by atoms with van der Waals surface area (Å²) in [4.78, 5) is 15.3. The number of hydrogen-bond acceptors (Lipinski definition) is 6. The first kappa shape index (κ1) is 21.8. The summed E-state index contributed by atoms with van der Waals surface area (Å²) < 4.78 is 7.39. The molecule has 4 N–H and O–H groups in total. The Morgan fingerprint density at radius 2 is 2.12 bits per heavy atom. The number of carbonyl (C=O) groups excluding carboxylic acids is 1. The number of aliphatic hydroxyl groups excluding tert-OH is 1. The van der Waals surface area contributed by atoms with Gasteiger partial charge in [-0.1, -0.05) is 17.0 Å². The van der Waals surface area contributed by atoms with Crippen molar-refractivity contribution in [3.05, 3.63) is 59.8 Å². The molecule has 0 aliphatic heterocycles. The van der Waals surface area contributed by atoms with Crippen molar-refractivity contribution >= 4 is 5.91 Å². The second-order valence-electron chi connectivity index (χ2n) is 8.15. The zero-order chi connectivity index (χ0) is 22.7. The molecule has 8 heteroatoms. The first-order chi connectivity index (χ1) is 15.4. The molecule has 3 aromatic rings. The van der Waals surface area contributed by atoms with E-state index in [1.807, 2.05) is 34.9 Å². The van der Waals surface area contributed by atoms with E-state index in [9.17, 15) is 9.90 Å². The van der Waals surface area contributed by atoms with Gasteiger partial charge in [-0.25, -0.2) is 4.98 Å². The molecule has 2 unspecified atom stereocenters. The first-order valence-electron chi connectivity index (χ1n) is 10.7. The molecule has 0 spiro atoms. The molecule has 166 valence electrons. The highest BCUT2D eigenvalue weighted by Gasteiger charge is 2.28. The van der Waals surface area contributed by atoms with Crippen LogP contribution in [0.4, 0.5) is 0 Å². The smallest absolute Gasteiger partial charge is 0.217 e. The first-order valence-corrected chi connectivity index (χ1v) is 10.7. The van der Waals surface area contributed by atoms with Crippen LogP contribution in [0.2, 0.25) is 0 Å². The van der Waals surface area contributed by atoms with E-state index in [1.54, 1.807) is 26.2 Å². The highest BCUT2D eigenvalue weighted by atomic mass is 16.5. The van der Waals surface area contributed by atoms with Gasteiger partial charge in [0.15, 0.2) is 5.76 Å². The van der Waals surface area contributed by atoms with Gasteiger partial charge in [-0.15, -0.1) is 0 Å². The molecule has 1 aliphatic carbocycles. The third-order valence-corrected chi connectivity index (χ3v) is 5.64. The molecule has 2 heterocycles. The van der Waals surface area contributed by atoms with Crippen LogP contribution in [-0.4, -0.2) is 38.3 Å². The van der Waals surface area contributed by atoms with E-state index < -0.39 is 6.10 Å². The van der Waals surface area contributed by atoms with Gasteiger partial charge in [0.1, 0.15) is 17.6 Å². The molecular weight excluding hydrogens is 406 g/mol. The zero-order valence-electron chi connectivity index (χ0n) is 18.2. The van der Waals surface area contributed by atoms with Gasteiger partial charge in [0.05, 0.1) is 6.04 Å². The summed E-state index contributed by atoms with van der Waals surface area (Å²) in [5, 5.41) is 17.1. The Bertz CT molecular complexity index is 1130. The summed E-state index contributed by atoms with van der Waals surface area (Å²) in [5.74, 6) is 7.98. The van der Waals surface area contributed by atoms with Crippen LogP contribution >= 0.6 is 0 Å². The van der Waals surface area contributed by atoms with Crippen LogP contribution in [0, 0.1) is 17.8 Å². The normalized spacial score (nSPS) is 19.4. The number of benzene rings is 1. The molecular formula is C24H27N5O3. The second-order valence-corrected chi connectivity index (χ2v) is 8.15. The lowest BCUT2D eigenvalue weighted by Gasteiger charge is -2.32. The SMILES string of the molecule is CC(=O)NC1CC(C#Cc2ccc(-c3cc(C(CN)n4ccnc4C(C)O)no3)cc2)C1. The number of carbonyl (C=O) groups is 1. The van der Waals surface area contributed by atoms with E-state index in [0.717, 1.165) is 24.0 Å². The number of hydrogen-bond donors (Lipinski definition) is 3. The van der Waals surface area contributed by atoms with Gasteiger partial charge in [-0.3, -0.25) is 4.79 Å². The Morgan fingerprint density at radius 1 is 1.38 bits per heavy atom. The maximum absolute atomic E-state index is 11.1. The second kappa shape index (κ2) is 9.39. The molecule has 2 atom stereocenters. The van der Waals surface area contributed by atoms with Gasteiger partial charge in [-0.05, 0) is 44.0 Å². The quantitative estimate of drug-likeness (QED) is 0.514. The minimum atomic E-state index is -0.713. The summed E-state index contributed by atoms with van der Waals surface area (Å²) in [5.41, 5.74) is 8.48. The lowest BCUT2D eigenvalue weighted by atomic mass is 9.80. The van der Waals surface area contributed by atoms with Crippen molar-refractivity contribution in [2.75, 3.05) is 6.54 Å². The fraction of sp³-hybridized carbons (Fsp3) is 0.375. The van der Waals surface area contributed by atoms with Crippen LogP contribution in [0.15, 0.2) is 47.2 Å². The summed E-state index contributed by atoms with van der Waals surface area (Å²) in [6, 6.07) is 9.64. The fourth-order valence-electron chi connectivity index (χ4n) is 3.91. The third kappa shape index (κ3) is 4.74. The number of rotatable bonds is 6. The summed E-state index contributed by atoms with van der Waals surface area (Å²) >= 11 is 0. The van der Waals surface area contributed by atoms with Crippen LogP contribution in [-0.2, 0) is 4.79 Å². The third-order valence-electron chi connectivity index (χ3n) is 5.64. The molecule has 1 saturated carbocycles. The number of nitrogens with zero attached hydrogens (tertiary/aromatic N) is 3. The Labute approximate surface area is 186 Å². The Balaban J connectivity index is 1.43. The standard InChI is InChI=1S/C24H27N5O3/c1-15(30)24-26-9-10-29(24)22(14-25)21-13-23(32-28-21)19-7-5-17(6-8-19)3-4-18-11-20(12-18)27-16(2)31/h5-10,13,15,18,20,22,30H,11-12,14,25H2,1-2H3,(H,27,31). The van der Waals surface area contributed by atoms with E-state index in [1.165, 1.54) is 0 Å². The number of aliphatic hydroxyl groups is 1. The van der Waals surface area contributed by atoms with Crippen molar-refractivity contribution in [2.45, 2.75) is 44.9 Å². The number of imidazole rings is 1. The number of nitrogens with one attached hydrogen (secondary N) is 1. The maximum atomic E-state index is 11.1. The molecule has 8 nitrogen and oxygen atoms in total. The van der Waals surface area contributed by atoms with E-state index in [4.69, 9.17) is 10.3 Å². The monoisotopic (exact) mass is 433 g/mol. The molecule has 2 aromatic heterocycles. The van der Waals surface area contributed by atoms with Gasteiger partial charge in [0.25, 0.3) is 0 Å². The van der Waals surface area contributed by atoms with Gasteiger partial charge >= 0.3 is 0 Å². The Kier molecular flexibility index (Phi) is 6.40. The largest absolute Gasteiger partial charge is 0.385 e.